The van der Waals surface area contributed by atoms with E-state index < -0.39 is 7.82 Å². The third kappa shape index (κ3) is 23.5. The summed E-state index contributed by atoms with van der Waals surface area (Å²) >= 11 is 0. The van der Waals surface area contributed by atoms with Gasteiger partial charge in [-0.05, 0) is 6.42 Å². The molecule has 0 spiro atoms. The topological polar surface area (TPSA) is 66.8 Å². The average Bonchev–Trinajstić information content (AvgIpc) is 2.38. The summed E-state index contributed by atoms with van der Waals surface area (Å²) in [7, 11) is -4.25. The van der Waals surface area contributed by atoms with Crippen LogP contribution in [0.3, 0.4) is 0 Å². The molecular weight excluding hydrogens is 298 g/mol. The van der Waals surface area contributed by atoms with E-state index in [4.69, 9.17) is 9.79 Å². The molecule has 2 N–H and O–H groups in total. The molecular formula is C15H33NaO4P. The van der Waals surface area contributed by atoms with Gasteiger partial charge in [-0.1, -0.05) is 84.0 Å². The van der Waals surface area contributed by atoms with E-state index in [0.29, 0.717) is 0 Å². The first-order valence-electron chi connectivity index (χ1n) is 8.26. The molecule has 21 heavy (non-hydrogen) atoms. The van der Waals surface area contributed by atoms with Crippen LogP contribution in [-0.2, 0) is 9.09 Å². The van der Waals surface area contributed by atoms with E-state index in [2.05, 4.69) is 11.4 Å². The van der Waals surface area contributed by atoms with Gasteiger partial charge in [-0.25, -0.2) is 4.57 Å². The number of hydrogen-bond donors (Lipinski definition) is 2. The summed E-state index contributed by atoms with van der Waals surface area (Å²) in [5, 5.41) is 0. The van der Waals surface area contributed by atoms with Crippen molar-refractivity contribution in [3.8, 4) is 0 Å². The molecule has 0 saturated heterocycles. The number of rotatable bonds is 15. The van der Waals surface area contributed by atoms with Crippen LogP contribution in [0.15, 0.2) is 0 Å². The van der Waals surface area contributed by atoms with E-state index in [1.807, 2.05) is 0 Å². The second kappa shape index (κ2) is 17.5. The summed E-state index contributed by atoms with van der Waals surface area (Å²) in [4.78, 5) is 17.0. The van der Waals surface area contributed by atoms with Gasteiger partial charge in [-0.3, -0.25) is 4.52 Å². The van der Waals surface area contributed by atoms with Gasteiger partial charge in [-0.2, -0.15) is 0 Å². The summed E-state index contributed by atoms with van der Waals surface area (Å²) in [5.74, 6) is 0. The third-order valence-corrected chi connectivity index (χ3v) is 4.03. The molecule has 0 heterocycles. The Hall–Kier alpha value is 1.11. The van der Waals surface area contributed by atoms with E-state index in [-0.39, 0.29) is 36.2 Å². The molecule has 0 aliphatic carbocycles. The van der Waals surface area contributed by atoms with Gasteiger partial charge in [0.15, 0.2) is 0 Å². The van der Waals surface area contributed by atoms with Gasteiger partial charge in [0.25, 0.3) is 0 Å². The zero-order valence-electron chi connectivity index (χ0n) is 14.1. The van der Waals surface area contributed by atoms with Crippen LogP contribution in [0, 0.1) is 0 Å². The Bertz CT molecular complexity index is 246. The van der Waals surface area contributed by atoms with Crippen molar-refractivity contribution in [2.24, 2.45) is 0 Å². The van der Waals surface area contributed by atoms with Gasteiger partial charge in [0, 0.05) is 29.6 Å². The maximum Gasteiger partial charge on any atom is 0.469 e. The van der Waals surface area contributed by atoms with Gasteiger partial charge in [0.2, 0.25) is 0 Å². The Balaban J connectivity index is 0. The molecule has 0 bridgehead atoms. The third-order valence-electron chi connectivity index (χ3n) is 3.51. The standard InChI is InChI=1S/C15H33O4P.Na/c1-2-3-4-5-6-7-8-9-10-11-12-13-14-15-19-20(16,17)18;/h2-15H2,1H3,(H2,16,17,18);. The van der Waals surface area contributed by atoms with Crippen LogP contribution in [0.5, 0.6) is 0 Å². The van der Waals surface area contributed by atoms with Crippen molar-refractivity contribution in [3.63, 3.8) is 0 Å². The smallest absolute Gasteiger partial charge is 0.303 e. The summed E-state index contributed by atoms with van der Waals surface area (Å²) in [6.07, 6.45) is 16.3. The maximum absolute atomic E-state index is 10.4. The summed E-state index contributed by atoms with van der Waals surface area (Å²) in [6.45, 7) is 2.42. The molecule has 0 unspecified atom stereocenters. The van der Waals surface area contributed by atoms with Crippen molar-refractivity contribution >= 4 is 37.4 Å². The van der Waals surface area contributed by atoms with Gasteiger partial charge < -0.3 is 9.79 Å². The first-order chi connectivity index (χ1) is 9.56. The molecule has 0 rings (SSSR count). The molecule has 0 aliphatic rings. The molecule has 0 aromatic heterocycles. The summed E-state index contributed by atoms with van der Waals surface area (Å²) < 4.78 is 14.8. The fourth-order valence-electron chi connectivity index (χ4n) is 2.30. The average molecular weight is 331 g/mol. The van der Waals surface area contributed by atoms with Gasteiger partial charge in [-0.15, -0.1) is 0 Å². The minimum atomic E-state index is -4.25. The van der Waals surface area contributed by atoms with Crippen molar-refractivity contribution in [1.29, 1.82) is 0 Å². The first-order valence-corrected chi connectivity index (χ1v) is 9.79. The van der Waals surface area contributed by atoms with Crippen molar-refractivity contribution in [2.75, 3.05) is 6.61 Å². The molecule has 0 aromatic rings. The predicted octanol–water partition coefficient (Wildman–Crippen LogP) is 4.81. The molecule has 0 fully saturated rings. The fourth-order valence-corrected chi connectivity index (χ4v) is 2.67. The number of phosphoric ester groups is 1. The Morgan fingerprint density at radius 3 is 1.38 bits per heavy atom. The Morgan fingerprint density at radius 1 is 0.714 bits per heavy atom. The first kappa shape index (κ1) is 24.4. The quantitative estimate of drug-likeness (QED) is 0.257. The molecule has 0 aromatic carbocycles. The van der Waals surface area contributed by atoms with Crippen LogP contribution in [-0.4, -0.2) is 46.0 Å². The molecule has 0 saturated carbocycles. The fraction of sp³-hybridized carbons (Fsp3) is 1.00. The molecule has 4 nitrogen and oxygen atoms in total. The van der Waals surface area contributed by atoms with E-state index in [1.165, 1.54) is 64.2 Å². The van der Waals surface area contributed by atoms with Gasteiger partial charge >= 0.3 is 7.82 Å². The van der Waals surface area contributed by atoms with Crippen molar-refractivity contribution in [2.45, 2.75) is 90.4 Å². The molecule has 0 amide bonds. The van der Waals surface area contributed by atoms with E-state index in [0.717, 1.165) is 19.3 Å². The normalized spacial score (nSPS) is 11.4. The Labute approximate surface area is 153 Å². The largest absolute Gasteiger partial charge is 0.469 e. The summed E-state index contributed by atoms with van der Waals surface area (Å²) in [5.41, 5.74) is 0. The minimum absolute atomic E-state index is 0. The van der Waals surface area contributed by atoms with Crippen molar-refractivity contribution < 1.29 is 18.9 Å². The summed E-state index contributed by atoms with van der Waals surface area (Å²) in [6, 6.07) is 0. The number of unbranched alkanes of at least 4 members (excludes halogenated alkanes) is 12. The van der Waals surface area contributed by atoms with Crippen LogP contribution in [0.25, 0.3) is 0 Å². The molecule has 1 radical (unpaired) electrons. The monoisotopic (exact) mass is 331 g/mol. The second-order valence-electron chi connectivity index (χ2n) is 5.57. The van der Waals surface area contributed by atoms with E-state index in [9.17, 15) is 4.57 Å². The number of phosphoric acid groups is 1. The minimum Gasteiger partial charge on any atom is -0.303 e. The van der Waals surface area contributed by atoms with Crippen molar-refractivity contribution in [1.82, 2.24) is 0 Å². The predicted molar refractivity (Wildman–Crippen MR) is 89.4 cm³/mol. The SMILES string of the molecule is CCCCCCCCCCCCCCCOP(=O)(O)O.[Na]. The number of hydrogen-bond acceptors (Lipinski definition) is 2. The molecule has 0 aliphatic heterocycles. The molecule has 123 valence electrons. The van der Waals surface area contributed by atoms with Gasteiger partial charge in [0.1, 0.15) is 0 Å². The van der Waals surface area contributed by atoms with E-state index in [1.54, 1.807) is 0 Å². The van der Waals surface area contributed by atoms with Crippen LogP contribution in [0.2, 0.25) is 0 Å². The maximum atomic E-state index is 10.4. The van der Waals surface area contributed by atoms with Crippen LogP contribution >= 0.6 is 7.82 Å². The van der Waals surface area contributed by atoms with Crippen LogP contribution < -0.4 is 0 Å². The second-order valence-corrected chi connectivity index (χ2v) is 6.81. The molecule has 0 atom stereocenters. The Kier molecular flexibility index (Phi) is 20.3. The Morgan fingerprint density at radius 2 is 1.05 bits per heavy atom. The van der Waals surface area contributed by atoms with E-state index >= 15 is 0 Å². The van der Waals surface area contributed by atoms with Gasteiger partial charge in [0.05, 0.1) is 6.61 Å². The zero-order valence-corrected chi connectivity index (χ0v) is 17.0. The zero-order chi connectivity index (χ0) is 15.1. The van der Waals surface area contributed by atoms with Crippen LogP contribution in [0.1, 0.15) is 90.4 Å². The van der Waals surface area contributed by atoms with Crippen LogP contribution in [0.4, 0.5) is 0 Å². The molecule has 6 heteroatoms. The van der Waals surface area contributed by atoms with Crippen molar-refractivity contribution in [3.05, 3.63) is 0 Å².